The molecule has 3 atom stereocenters. The van der Waals surface area contributed by atoms with Crippen LogP contribution in [0.2, 0.25) is 0 Å². The summed E-state index contributed by atoms with van der Waals surface area (Å²) in [6, 6.07) is 9.25. The molecule has 1 aliphatic rings. The number of rotatable bonds is 7. The Morgan fingerprint density at radius 2 is 2.05 bits per heavy atom. The fraction of sp³-hybridized carbons (Fsp3) is 0.500. The first kappa shape index (κ1) is 15.4. The van der Waals surface area contributed by atoms with Crippen LogP contribution in [0.3, 0.4) is 0 Å². The van der Waals surface area contributed by atoms with Crippen LogP contribution < -0.4 is 10.6 Å². The van der Waals surface area contributed by atoms with E-state index in [4.69, 9.17) is 5.11 Å². The van der Waals surface area contributed by atoms with Crippen LogP contribution in [-0.4, -0.2) is 23.1 Å². The monoisotopic (exact) mass is 290 g/mol. The first-order valence-electron chi connectivity index (χ1n) is 7.44. The third-order valence-electron chi connectivity index (χ3n) is 3.92. The number of amides is 2. The number of carbonyl (C=O) groups excluding carboxylic acids is 1. The number of benzene rings is 1. The van der Waals surface area contributed by atoms with E-state index in [0.717, 1.165) is 18.4 Å². The Bertz CT molecular complexity index is 490. The summed E-state index contributed by atoms with van der Waals surface area (Å²) >= 11 is 0. The number of carbonyl (C=O) groups is 2. The predicted octanol–water partition coefficient (Wildman–Crippen LogP) is 2.69. The summed E-state index contributed by atoms with van der Waals surface area (Å²) in [5, 5.41) is 14.7. The molecule has 0 radical (unpaired) electrons. The van der Waals surface area contributed by atoms with Crippen LogP contribution in [0.1, 0.15) is 44.2 Å². The van der Waals surface area contributed by atoms with E-state index in [1.165, 1.54) is 0 Å². The van der Waals surface area contributed by atoms with Gasteiger partial charge in [-0.1, -0.05) is 43.7 Å². The van der Waals surface area contributed by atoms with Gasteiger partial charge in [0.25, 0.3) is 0 Å². The quantitative estimate of drug-likeness (QED) is 0.722. The third kappa shape index (κ3) is 4.77. The Labute approximate surface area is 124 Å². The second kappa shape index (κ2) is 7.11. The van der Waals surface area contributed by atoms with E-state index in [1.54, 1.807) is 0 Å². The average molecular weight is 290 g/mol. The fourth-order valence-electron chi connectivity index (χ4n) is 2.52. The highest BCUT2D eigenvalue weighted by Crippen LogP contribution is 2.33. The smallest absolute Gasteiger partial charge is 0.315 e. The standard InChI is InChI=1S/C16H22N2O3/c1-2-11-10-14(11)18-16(21)17-13(8-9-15(19)20)12-6-4-3-5-7-12/h3-7,11,13-14H,2,8-10H2,1H3,(H,19,20)(H2,17,18,21). The van der Waals surface area contributed by atoms with Crippen molar-refractivity contribution in [2.45, 2.75) is 44.7 Å². The lowest BCUT2D eigenvalue weighted by molar-refractivity contribution is -0.137. The molecule has 2 amide bonds. The minimum atomic E-state index is -0.855. The maximum absolute atomic E-state index is 12.0. The molecule has 1 aromatic rings. The van der Waals surface area contributed by atoms with Crippen LogP contribution in [0, 0.1) is 5.92 Å². The average Bonchev–Trinajstić information content (AvgIpc) is 3.22. The molecule has 0 aromatic heterocycles. The highest BCUT2D eigenvalue weighted by molar-refractivity contribution is 5.75. The van der Waals surface area contributed by atoms with Gasteiger partial charge >= 0.3 is 12.0 Å². The molecule has 5 heteroatoms. The summed E-state index contributed by atoms with van der Waals surface area (Å²) in [6.45, 7) is 2.11. The summed E-state index contributed by atoms with van der Waals surface area (Å²) in [6.07, 6.45) is 2.52. The largest absolute Gasteiger partial charge is 0.481 e. The second-order valence-electron chi connectivity index (χ2n) is 5.52. The Morgan fingerprint density at radius 1 is 1.33 bits per heavy atom. The number of urea groups is 1. The zero-order valence-corrected chi connectivity index (χ0v) is 12.2. The first-order chi connectivity index (χ1) is 10.1. The molecule has 0 heterocycles. The highest BCUT2D eigenvalue weighted by Gasteiger charge is 2.36. The van der Waals surface area contributed by atoms with Crippen LogP contribution in [0.4, 0.5) is 4.79 Å². The molecule has 0 bridgehead atoms. The van der Waals surface area contributed by atoms with Gasteiger partial charge in [-0.05, 0) is 24.3 Å². The van der Waals surface area contributed by atoms with E-state index >= 15 is 0 Å². The van der Waals surface area contributed by atoms with Crippen molar-refractivity contribution in [1.29, 1.82) is 0 Å². The molecule has 1 aromatic carbocycles. The molecule has 0 aliphatic heterocycles. The Kier molecular flexibility index (Phi) is 5.20. The maximum atomic E-state index is 12.0. The van der Waals surface area contributed by atoms with Gasteiger partial charge in [-0.25, -0.2) is 4.79 Å². The lowest BCUT2D eigenvalue weighted by Gasteiger charge is -2.19. The third-order valence-corrected chi connectivity index (χ3v) is 3.92. The summed E-state index contributed by atoms with van der Waals surface area (Å²) in [5.41, 5.74) is 0.928. The van der Waals surface area contributed by atoms with Crippen molar-refractivity contribution in [3.05, 3.63) is 35.9 Å². The molecule has 2 rings (SSSR count). The molecule has 1 fully saturated rings. The second-order valence-corrected chi connectivity index (χ2v) is 5.52. The first-order valence-corrected chi connectivity index (χ1v) is 7.44. The summed E-state index contributed by atoms with van der Waals surface area (Å²) < 4.78 is 0. The maximum Gasteiger partial charge on any atom is 0.315 e. The van der Waals surface area contributed by atoms with E-state index in [-0.39, 0.29) is 24.5 Å². The van der Waals surface area contributed by atoms with Crippen molar-refractivity contribution in [2.75, 3.05) is 0 Å². The summed E-state index contributed by atoms with van der Waals surface area (Å²) in [7, 11) is 0. The van der Waals surface area contributed by atoms with Crippen molar-refractivity contribution in [3.8, 4) is 0 Å². The van der Waals surface area contributed by atoms with Gasteiger partial charge in [-0.15, -0.1) is 0 Å². The zero-order chi connectivity index (χ0) is 15.2. The van der Waals surface area contributed by atoms with Crippen LogP contribution >= 0.6 is 0 Å². The topological polar surface area (TPSA) is 78.4 Å². The fourth-order valence-corrected chi connectivity index (χ4v) is 2.52. The van der Waals surface area contributed by atoms with Crippen molar-refractivity contribution in [1.82, 2.24) is 10.6 Å². The molecule has 21 heavy (non-hydrogen) atoms. The zero-order valence-electron chi connectivity index (χ0n) is 12.2. The van der Waals surface area contributed by atoms with E-state index < -0.39 is 5.97 Å². The van der Waals surface area contributed by atoms with Gasteiger partial charge in [0.2, 0.25) is 0 Å². The van der Waals surface area contributed by atoms with Crippen LogP contribution in [0.5, 0.6) is 0 Å². The van der Waals surface area contributed by atoms with Gasteiger partial charge in [0, 0.05) is 12.5 Å². The summed E-state index contributed by atoms with van der Waals surface area (Å²) in [5.74, 6) is -0.267. The van der Waals surface area contributed by atoms with E-state index in [9.17, 15) is 9.59 Å². The molecule has 5 nitrogen and oxygen atoms in total. The van der Waals surface area contributed by atoms with Crippen LogP contribution in [0.15, 0.2) is 30.3 Å². The van der Waals surface area contributed by atoms with Gasteiger partial charge < -0.3 is 15.7 Å². The van der Waals surface area contributed by atoms with E-state index in [1.807, 2.05) is 30.3 Å². The SMILES string of the molecule is CCC1CC1NC(=O)NC(CCC(=O)O)c1ccccc1. The van der Waals surface area contributed by atoms with Gasteiger partial charge in [-0.3, -0.25) is 4.79 Å². The number of aliphatic carboxylic acids is 1. The van der Waals surface area contributed by atoms with Crippen LogP contribution in [-0.2, 0) is 4.79 Å². The molecule has 3 unspecified atom stereocenters. The molecule has 1 saturated carbocycles. The Balaban J connectivity index is 1.92. The number of nitrogens with one attached hydrogen (secondary N) is 2. The van der Waals surface area contributed by atoms with Crippen molar-refractivity contribution in [3.63, 3.8) is 0 Å². The number of hydrogen-bond donors (Lipinski definition) is 3. The number of hydrogen-bond acceptors (Lipinski definition) is 2. The normalized spacial score (nSPS) is 21.4. The predicted molar refractivity (Wildman–Crippen MR) is 79.9 cm³/mol. The van der Waals surface area contributed by atoms with Crippen LogP contribution in [0.25, 0.3) is 0 Å². The minimum absolute atomic E-state index is 0.0286. The Hall–Kier alpha value is -2.04. The number of carboxylic acid groups (broad SMARTS) is 1. The van der Waals surface area contributed by atoms with Gasteiger partial charge in [-0.2, -0.15) is 0 Å². The molecule has 0 spiro atoms. The molecule has 0 saturated heterocycles. The highest BCUT2D eigenvalue weighted by atomic mass is 16.4. The van der Waals surface area contributed by atoms with Gasteiger partial charge in [0.05, 0.1) is 6.04 Å². The molecule has 3 N–H and O–H groups in total. The lowest BCUT2D eigenvalue weighted by atomic mass is 10.0. The Morgan fingerprint density at radius 3 is 2.62 bits per heavy atom. The van der Waals surface area contributed by atoms with E-state index in [2.05, 4.69) is 17.6 Å². The summed E-state index contributed by atoms with van der Waals surface area (Å²) in [4.78, 5) is 22.8. The van der Waals surface area contributed by atoms with E-state index in [0.29, 0.717) is 12.3 Å². The molecule has 114 valence electrons. The molecular formula is C16H22N2O3. The lowest BCUT2D eigenvalue weighted by Crippen LogP contribution is -2.39. The number of carboxylic acids is 1. The molecule has 1 aliphatic carbocycles. The van der Waals surface area contributed by atoms with Crippen molar-refractivity contribution < 1.29 is 14.7 Å². The molecular weight excluding hydrogens is 268 g/mol. The van der Waals surface area contributed by atoms with Gasteiger partial charge in [0.1, 0.15) is 0 Å². The minimum Gasteiger partial charge on any atom is -0.481 e. The van der Waals surface area contributed by atoms with Crippen molar-refractivity contribution in [2.24, 2.45) is 5.92 Å². The van der Waals surface area contributed by atoms with Gasteiger partial charge in [0.15, 0.2) is 0 Å². The van der Waals surface area contributed by atoms with Crippen molar-refractivity contribution >= 4 is 12.0 Å².